The Bertz CT molecular complexity index is 485. The molecule has 1 aromatic rings. The Morgan fingerprint density at radius 2 is 2.10 bits per heavy atom. The lowest BCUT2D eigenvalue weighted by atomic mass is 9.84. The summed E-state index contributed by atoms with van der Waals surface area (Å²) in [7, 11) is 1.55. The van der Waals surface area contributed by atoms with E-state index >= 15 is 0 Å². The molecule has 0 unspecified atom stereocenters. The Balaban J connectivity index is 1.83. The molecule has 116 valence electrons. The van der Waals surface area contributed by atoms with Gasteiger partial charge in [0, 0.05) is 17.6 Å². The van der Waals surface area contributed by atoms with Crippen LogP contribution in [0.4, 0.5) is 0 Å². The SMILES string of the molecule is COc1ccc(Cl)cc1C(=O)NCCC1CCC(N)CC1. The molecule has 0 saturated heterocycles. The van der Waals surface area contributed by atoms with Gasteiger partial charge in [0.2, 0.25) is 0 Å². The number of hydrogen-bond donors (Lipinski definition) is 2. The summed E-state index contributed by atoms with van der Waals surface area (Å²) in [5.41, 5.74) is 6.38. The van der Waals surface area contributed by atoms with Crippen LogP contribution in [0.15, 0.2) is 18.2 Å². The Kier molecular flexibility index (Phi) is 5.88. The van der Waals surface area contributed by atoms with Crippen LogP contribution in [0.1, 0.15) is 42.5 Å². The molecule has 0 aliphatic heterocycles. The number of hydrogen-bond acceptors (Lipinski definition) is 3. The van der Waals surface area contributed by atoms with E-state index in [1.807, 2.05) is 0 Å². The number of nitrogens with one attached hydrogen (secondary N) is 1. The fraction of sp³-hybridized carbons (Fsp3) is 0.562. The average molecular weight is 311 g/mol. The Morgan fingerprint density at radius 1 is 1.38 bits per heavy atom. The van der Waals surface area contributed by atoms with E-state index in [0.717, 1.165) is 32.1 Å². The summed E-state index contributed by atoms with van der Waals surface area (Å²) in [6, 6.07) is 5.42. The summed E-state index contributed by atoms with van der Waals surface area (Å²) < 4.78 is 5.20. The highest BCUT2D eigenvalue weighted by Crippen LogP contribution is 2.26. The van der Waals surface area contributed by atoms with Crippen molar-refractivity contribution < 1.29 is 9.53 Å². The van der Waals surface area contributed by atoms with Gasteiger partial charge in [0.05, 0.1) is 12.7 Å². The largest absolute Gasteiger partial charge is 0.496 e. The van der Waals surface area contributed by atoms with Gasteiger partial charge in [-0.2, -0.15) is 0 Å². The molecule has 1 saturated carbocycles. The average Bonchev–Trinajstić information content (AvgIpc) is 2.49. The fourth-order valence-electron chi connectivity index (χ4n) is 2.82. The molecule has 0 aromatic heterocycles. The Labute approximate surface area is 131 Å². The predicted octanol–water partition coefficient (Wildman–Crippen LogP) is 2.99. The molecule has 21 heavy (non-hydrogen) atoms. The van der Waals surface area contributed by atoms with Crippen molar-refractivity contribution in [3.8, 4) is 5.75 Å². The highest BCUT2D eigenvalue weighted by Gasteiger charge is 2.19. The lowest BCUT2D eigenvalue weighted by Crippen LogP contribution is -2.30. The first-order valence-corrected chi connectivity index (χ1v) is 7.85. The molecule has 0 atom stereocenters. The Morgan fingerprint density at radius 3 is 2.76 bits per heavy atom. The van der Waals surface area contributed by atoms with Crippen LogP contribution >= 0.6 is 11.6 Å². The summed E-state index contributed by atoms with van der Waals surface area (Å²) in [4.78, 5) is 12.2. The molecule has 2 rings (SSSR count). The maximum Gasteiger partial charge on any atom is 0.255 e. The lowest BCUT2D eigenvalue weighted by Gasteiger charge is -2.26. The Hall–Kier alpha value is -1.26. The van der Waals surface area contributed by atoms with Crippen molar-refractivity contribution in [2.45, 2.75) is 38.1 Å². The van der Waals surface area contributed by atoms with Crippen LogP contribution in [-0.4, -0.2) is 25.6 Å². The first-order chi connectivity index (χ1) is 10.1. The summed E-state index contributed by atoms with van der Waals surface area (Å²) in [6.45, 7) is 0.675. The molecule has 1 amide bonds. The molecule has 1 aliphatic carbocycles. The van der Waals surface area contributed by atoms with E-state index in [2.05, 4.69) is 5.32 Å². The molecule has 0 radical (unpaired) electrons. The number of carbonyl (C=O) groups is 1. The second-order valence-corrected chi connectivity index (χ2v) is 6.11. The van der Waals surface area contributed by atoms with E-state index in [1.54, 1.807) is 25.3 Å². The predicted molar refractivity (Wildman–Crippen MR) is 84.9 cm³/mol. The van der Waals surface area contributed by atoms with Crippen molar-refractivity contribution in [2.75, 3.05) is 13.7 Å². The van der Waals surface area contributed by atoms with Gasteiger partial charge >= 0.3 is 0 Å². The molecule has 0 bridgehead atoms. The monoisotopic (exact) mass is 310 g/mol. The number of rotatable bonds is 5. The molecule has 0 spiro atoms. The molecule has 4 nitrogen and oxygen atoms in total. The number of methoxy groups -OCH3 is 1. The summed E-state index contributed by atoms with van der Waals surface area (Å²) in [5.74, 6) is 1.08. The number of ether oxygens (including phenoxy) is 1. The number of nitrogens with two attached hydrogens (primary N) is 1. The van der Waals surface area contributed by atoms with Crippen molar-refractivity contribution in [2.24, 2.45) is 11.7 Å². The first-order valence-electron chi connectivity index (χ1n) is 7.47. The molecule has 1 fully saturated rings. The molecule has 1 aliphatic rings. The van der Waals surface area contributed by atoms with Gasteiger partial charge in [0.25, 0.3) is 5.91 Å². The summed E-state index contributed by atoms with van der Waals surface area (Å²) >= 11 is 5.94. The summed E-state index contributed by atoms with van der Waals surface area (Å²) in [5, 5.41) is 3.48. The van der Waals surface area contributed by atoms with Crippen molar-refractivity contribution in [3.63, 3.8) is 0 Å². The minimum atomic E-state index is -0.137. The van der Waals surface area contributed by atoms with Gasteiger partial charge in [-0.15, -0.1) is 0 Å². The molecule has 1 aromatic carbocycles. The van der Waals surface area contributed by atoms with Crippen LogP contribution in [0.5, 0.6) is 5.75 Å². The second kappa shape index (κ2) is 7.66. The van der Waals surface area contributed by atoms with Crippen molar-refractivity contribution in [3.05, 3.63) is 28.8 Å². The van der Waals surface area contributed by atoms with Crippen molar-refractivity contribution in [1.29, 1.82) is 0 Å². The number of halogens is 1. The standard InChI is InChI=1S/C16H23ClN2O2/c1-21-15-7-4-12(17)10-14(15)16(20)19-9-8-11-2-5-13(18)6-3-11/h4,7,10-11,13H,2-3,5-6,8-9,18H2,1H3,(H,19,20). The van der Waals surface area contributed by atoms with E-state index in [1.165, 1.54) is 0 Å². The van der Waals surface area contributed by atoms with E-state index in [9.17, 15) is 4.79 Å². The molecular weight excluding hydrogens is 288 g/mol. The van der Waals surface area contributed by atoms with Crippen LogP contribution in [0.2, 0.25) is 5.02 Å². The zero-order valence-electron chi connectivity index (χ0n) is 12.4. The van der Waals surface area contributed by atoms with E-state index < -0.39 is 0 Å². The van der Waals surface area contributed by atoms with Crippen molar-refractivity contribution >= 4 is 17.5 Å². The minimum Gasteiger partial charge on any atom is -0.496 e. The van der Waals surface area contributed by atoms with Gasteiger partial charge in [-0.05, 0) is 56.2 Å². The topological polar surface area (TPSA) is 64.3 Å². The summed E-state index contributed by atoms with van der Waals surface area (Å²) in [6.07, 6.45) is 5.53. The second-order valence-electron chi connectivity index (χ2n) is 5.67. The van der Waals surface area contributed by atoms with Crippen LogP contribution < -0.4 is 15.8 Å². The van der Waals surface area contributed by atoms with E-state index in [0.29, 0.717) is 34.8 Å². The van der Waals surface area contributed by atoms with Gasteiger partial charge in [-0.3, -0.25) is 4.79 Å². The van der Waals surface area contributed by atoms with Gasteiger partial charge in [-0.25, -0.2) is 0 Å². The van der Waals surface area contributed by atoms with Crippen LogP contribution in [0, 0.1) is 5.92 Å². The smallest absolute Gasteiger partial charge is 0.255 e. The maximum absolute atomic E-state index is 12.2. The zero-order chi connectivity index (χ0) is 15.2. The maximum atomic E-state index is 12.2. The van der Waals surface area contributed by atoms with Crippen molar-refractivity contribution in [1.82, 2.24) is 5.32 Å². The first kappa shape index (κ1) is 16.1. The van der Waals surface area contributed by atoms with E-state index in [4.69, 9.17) is 22.1 Å². The van der Waals surface area contributed by atoms with Gasteiger partial charge in [0.1, 0.15) is 5.75 Å². The lowest BCUT2D eigenvalue weighted by molar-refractivity contribution is 0.0947. The van der Waals surface area contributed by atoms with Crippen LogP contribution in [-0.2, 0) is 0 Å². The third kappa shape index (κ3) is 4.61. The third-order valence-electron chi connectivity index (χ3n) is 4.14. The highest BCUT2D eigenvalue weighted by molar-refractivity contribution is 6.31. The number of benzene rings is 1. The molecular formula is C16H23ClN2O2. The zero-order valence-corrected chi connectivity index (χ0v) is 13.2. The van der Waals surface area contributed by atoms with E-state index in [-0.39, 0.29) is 5.91 Å². The van der Waals surface area contributed by atoms with Crippen LogP contribution in [0.25, 0.3) is 0 Å². The van der Waals surface area contributed by atoms with Crippen LogP contribution in [0.3, 0.4) is 0 Å². The minimum absolute atomic E-state index is 0.137. The quantitative estimate of drug-likeness (QED) is 0.878. The van der Waals surface area contributed by atoms with Gasteiger partial charge in [-0.1, -0.05) is 11.6 Å². The normalized spacial score (nSPS) is 21.9. The fourth-order valence-corrected chi connectivity index (χ4v) is 2.99. The molecule has 5 heteroatoms. The molecule has 0 heterocycles. The number of amides is 1. The molecule has 3 N–H and O–H groups in total. The number of carbonyl (C=O) groups excluding carboxylic acids is 1. The van der Waals surface area contributed by atoms with Gasteiger partial charge < -0.3 is 15.8 Å². The van der Waals surface area contributed by atoms with Gasteiger partial charge in [0.15, 0.2) is 0 Å². The third-order valence-corrected chi connectivity index (χ3v) is 4.37. The highest BCUT2D eigenvalue weighted by atomic mass is 35.5.